The molecule has 3 rings (SSSR count). The predicted octanol–water partition coefficient (Wildman–Crippen LogP) is 4.02. The van der Waals surface area contributed by atoms with Crippen molar-refractivity contribution in [3.8, 4) is 0 Å². The maximum atomic E-state index is 12.4. The molecule has 110 valence electrons. The van der Waals surface area contributed by atoms with E-state index in [2.05, 4.69) is 16.8 Å². The van der Waals surface area contributed by atoms with Gasteiger partial charge in [0.1, 0.15) is 0 Å². The first-order chi connectivity index (χ1) is 10.1. The van der Waals surface area contributed by atoms with E-state index in [0.717, 1.165) is 16.8 Å². The number of aromatic nitrogens is 1. The van der Waals surface area contributed by atoms with Crippen molar-refractivity contribution in [1.82, 2.24) is 9.88 Å². The molecule has 0 atom stereocenters. The largest absolute Gasteiger partial charge is 0.348 e. The minimum Gasteiger partial charge on any atom is -0.348 e. The van der Waals surface area contributed by atoms with Gasteiger partial charge in [-0.15, -0.1) is 0 Å². The summed E-state index contributed by atoms with van der Waals surface area (Å²) in [5.74, 6) is -0.0185. The molecule has 2 aromatic rings. The third-order valence-electron chi connectivity index (χ3n) is 3.98. The maximum absolute atomic E-state index is 12.4. The van der Waals surface area contributed by atoms with Gasteiger partial charge in [0.2, 0.25) is 0 Å². The van der Waals surface area contributed by atoms with Crippen molar-refractivity contribution in [1.29, 1.82) is 0 Å². The van der Waals surface area contributed by atoms with E-state index in [-0.39, 0.29) is 5.91 Å². The number of nitrogens with one attached hydrogen (secondary N) is 1. The Hall–Kier alpha value is -1.74. The summed E-state index contributed by atoms with van der Waals surface area (Å²) in [4.78, 5) is 12.4. The molecule has 1 saturated carbocycles. The molecule has 0 saturated heterocycles. The number of carbonyl (C=O) groups is 1. The summed E-state index contributed by atoms with van der Waals surface area (Å²) in [6.45, 7) is 4.59. The van der Waals surface area contributed by atoms with Gasteiger partial charge in [-0.05, 0) is 50.5 Å². The van der Waals surface area contributed by atoms with Crippen LogP contribution >= 0.6 is 11.6 Å². The Morgan fingerprint density at radius 3 is 2.76 bits per heavy atom. The Kier molecular flexibility index (Phi) is 3.77. The van der Waals surface area contributed by atoms with E-state index in [0.29, 0.717) is 17.6 Å². The van der Waals surface area contributed by atoms with Gasteiger partial charge in [-0.3, -0.25) is 4.79 Å². The second-order valence-corrected chi connectivity index (χ2v) is 6.14. The predicted molar refractivity (Wildman–Crippen MR) is 84.8 cm³/mol. The van der Waals surface area contributed by atoms with Gasteiger partial charge >= 0.3 is 0 Å². The van der Waals surface area contributed by atoms with E-state index in [4.69, 9.17) is 11.6 Å². The van der Waals surface area contributed by atoms with Crippen LogP contribution in [0.2, 0.25) is 5.02 Å². The standard InChI is InChI=1S/C17H19ClN2O/c1-11-8-16(12(2)20(11)15-6-7-15)17(21)19-10-13-4-3-5-14(18)9-13/h3-5,8-9,15H,6-7,10H2,1-2H3,(H,19,21). The van der Waals surface area contributed by atoms with Gasteiger partial charge in [0.15, 0.2) is 0 Å². The summed E-state index contributed by atoms with van der Waals surface area (Å²) < 4.78 is 2.29. The molecule has 1 fully saturated rings. The normalized spacial score (nSPS) is 14.2. The highest BCUT2D eigenvalue weighted by Gasteiger charge is 2.28. The SMILES string of the molecule is Cc1cc(C(=O)NCc2cccc(Cl)c2)c(C)n1C1CC1. The molecular weight excluding hydrogens is 284 g/mol. The Morgan fingerprint density at radius 2 is 2.10 bits per heavy atom. The van der Waals surface area contributed by atoms with Crippen LogP contribution in [-0.4, -0.2) is 10.5 Å². The zero-order chi connectivity index (χ0) is 15.0. The van der Waals surface area contributed by atoms with Crippen LogP contribution < -0.4 is 5.32 Å². The van der Waals surface area contributed by atoms with Gasteiger partial charge in [-0.2, -0.15) is 0 Å². The third-order valence-corrected chi connectivity index (χ3v) is 4.22. The van der Waals surface area contributed by atoms with Crippen LogP contribution in [0.15, 0.2) is 30.3 Å². The first kappa shape index (κ1) is 14.2. The zero-order valence-corrected chi connectivity index (χ0v) is 13.1. The first-order valence-electron chi connectivity index (χ1n) is 7.27. The molecule has 0 bridgehead atoms. The first-order valence-corrected chi connectivity index (χ1v) is 7.65. The second kappa shape index (κ2) is 5.57. The summed E-state index contributed by atoms with van der Waals surface area (Å²) >= 11 is 5.95. The van der Waals surface area contributed by atoms with E-state index in [9.17, 15) is 4.79 Å². The Balaban J connectivity index is 1.72. The molecule has 1 aliphatic carbocycles. The molecule has 1 aromatic heterocycles. The van der Waals surface area contributed by atoms with Crippen molar-refractivity contribution in [2.24, 2.45) is 0 Å². The van der Waals surface area contributed by atoms with Crippen molar-refractivity contribution >= 4 is 17.5 Å². The molecule has 3 nitrogen and oxygen atoms in total. The van der Waals surface area contributed by atoms with E-state index in [1.807, 2.05) is 37.3 Å². The van der Waals surface area contributed by atoms with Crippen LogP contribution in [0.25, 0.3) is 0 Å². The van der Waals surface area contributed by atoms with Gasteiger partial charge in [0, 0.05) is 29.0 Å². The summed E-state index contributed by atoms with van der Waals surface area (Å²) in [5, 5.41) is 3.66. The monoisotopic (exact) mass is 302 g/mol. The van der Waals surface area contributed by atoms with E-state index < -0.39 is 0 Å². The molecule has 1 aromatic carbocycles. The molecule has 1 aliphatic rings. The maximum Gasteiger partial charge on any atom is 0.253 e. The number of benzene rings is 1. The molecule has 1 N–H and O–H groups in total. The fourth-order valence-corrected chi connectivity index (χ4v) is 3.04. The van der Waals surface area contributed by atoms with Crippen molar-refractivity contribution < 1.29 is 4.79 Å². The minimum atomic E-state index is -0.0185. The number of rotatable bonds is 4. The Labute approximate surface area is 129 Å². The van der Waals surface area contributed by atoms with Crippen LogP contribution in [0, 0.1) is 13.8 Å². The van der Waals surface area contributed by atoms with Gasteiger partial charge in [0.25, 0.3) is 5.91 Å². The van der Waals surface area contributed by atoms with E-state index >= 15 is 0 Å². The van der Waals surface area contributed by atoms with Gasteiger partial charge in [-0.1, -0.05) is 23.7 Å². The number of hydrogen-bond donors (Lipinski definition) is 1. The molecule has 21 heavy (non-hydrogen) atoms. The molecule has 0 radical (unpaired) electrons. The van der Waals surface area contributed by atoms with Crippen LogP contribution in [0.4, 0.5) is 0 Å². The van der Waals surface area contributed by atoms with Crippen molar-refractivity contribution in [2.45, 2.75) is 39.3 Å². The molecule has 0 unspecified atom stereocenters. The quantitative estimate of drug-likeness (QED) is 0.909. The molecule has 1 amide bonds. The van der Waals surface area contributed by atoms with Crippen molar-refractivity contribution in [3.05, 3.63) is 57.9 Å². The van der Waals surface area contributed by atoms with Crippen LogP contribution in [0.5, 0.6) is 0 Å². The van der Waals surface area contributed by atoms with Gasteiger partial charge in [-0.25, -0.2) is 0 Å². The molecule has 1 heterocycles. The van der Waals surface area contributed by atoms with Crippen molar-refractivity contribution in [2.75, 3.05) is 0 Å². The number of nitrogens with zero attached hydrogens (tertiary/aromatic N) is 1. The topological polar surface area (TPSA) is 34.0 Å². The lowest BCUT2D eigenvalue weighted by Gasteiger charge is -2.08. The second-order valence-electron chi connectivity index (χ2n) is 5.70. The fraction of sp³-hybridized carbons (Fsp3) is 0.353. The molecule has 4 heteroatoms. The van der Waals surface area contributed by atoms with Crippen LogP contribution in [-0.2, 0) is 6.54 Å². The molecular formula is C17H19ClN2O. The zero-order valence-electron chi connectivity index (χ0n) is 12.3. The highest BCUT2D eigenvalue weighted by atomic mass is 35.5. The van der Waals surface area contributed by atoms with Crippen molar-refractivity contribution in [3.63, 3.8) is 0 Å². The minimum absolute atomic E-state index is 0.0185. The highest BCUT2D eigenvalue weighted by Crippen LogP contribution is 2.38. The van der Waals surface area contributed by atoms with Gasteiger partial charge < -0.3 is 9.88 Å². The highest BCUT2D eigenvalue weighted by molar-refractivity contribution is 6.30. The number of halogens is 1. The van der Waals surface area contributed by atoms with E-state index in [1.165, 1.54) is 18.5 Å². The average molecular weight is 303 g/mol. The van der Waals surface area contributed by atoms with Crippen LogP contribution in [0.1, 0.15) is 46.2 Å². The summed E-state index contributed by atoms with van der Waals surface area (Å²) in [5.41, 5.74) is 4.02. The number of carbonyl (C=O) groups excluding carboxylic acids is 1. The number of aryl methyl sites for hydroxylation is 1. The lowest BCUT2D eigenvalue weighted by atomic mass is 10.2. The summed E-state index contributed by atoms with van der Waals surface area (Å²) in [6.07, 6.45) is 2.44. The Bertz CT molecular complexity index is 686. The molecule has 0 spiro atoms. The summed E-state index contributed by atoms with van der Waals surface area (Å²) in [7, 11) is 0. The summed E-state index contributed by atoms with van der Waals surface area (Å²) in [6, 6.07) is 10.1. The fourth-order valence-electron chi connectivity index (χ4n) is 2.83. The number of amides is 1. The van der Waals surface area contributed by atoms with Gasteiger partial charge in [0.05, 0.1) is 5.56 Å². The lowest BCUT2D eigenvalue weighted by molar-refractivity contribution is 0.0950. The number of hydrogen-bond acceptors (Lipinski definition) is 1. The smallest absolute Gasteiger partial charge is 0.253 e. The lowest BCUT2D eigenvalue weighted by Crippen LogP contribution is -2.23. The molecule has 0 aliphatic heterocycles. The average Bonchev–Trinajstić information content (AvgIpc) is 3.22. The van der Waals surface area contributed by atoms with Crippen LogP contribution in [0.3, 0.4) is 0 Å². The van der Waals surface area contributed by atoms with E-state index in [1.54, 1.807) is 0 Å². The third kappa shape index (κ3) is 2.98. The Morgan fingerprint density at radius 1 is 1.33 bits per heavy atom.